The van der Waals surface area contributed by atoms with Gasteiger partial charge in [0.25, 0.3) is 0 Å². The molecule has 0 aromatic carbocycles. The zero-order valence-electron chi connectivity index (χ0n) is 2.77. The highest BCUT2D eigenvalue weighted by molar-refractivity contribution is 8.39. The maximum absolute atomic E-state index is 7.79. The van der Waals surface area contributed by atoms with E-state index in [4.69, 9.17) is 15.9 Å². The van der Waals surface area contributed by atoms with Crippen molar-refractivity contribution in [1.29, 1.82) is 5.26 Å². The van der Waals surface area contributed by atoms with Crippen LogP contribution in [0.5, 0.6) is 0 Å². The summed E-state index contributed by atoms with van der Waals surface area (Å²) in [4.78, 5) is 0. The lowest BCUT2D eigenvalue weighted by Crippen LogP contribution is -1.44. The lowest BCUT2D eigenvalue weighted by molar-refractivity contribution is 1.57. The summed E-state index contributed by atoms with van der Waals surface area (Å²) in [6.45, 7) is 0. The van der Waals surface area contributed by atoms with Crippen molar-refractivity contribution in [1.82, 2.24) is 0 Å². The van der Waals surface area contributed by atoms with E-state index in [2.05, 4.69) is 0 Å². The van der Waals surface area contributed by atoms with Gasteiger partial charge >= 0.3 is 0 Å². The first-order valence-electron chi connectivity index (χ1n) is 1.06. The number of hydrogen-bond donors (Lipinski definition) is 1. The van der Waals surface area contributed by atoms with Crippen LogP contribution in [0, 0.1) is 10.7 Å². The molecule has 0 aliphatic carbocycles. The second-order valence-electron chi connectivity index (χ2n) is 0.577. The van der Waals surface area contributed by atoms with E-state index in [1.54, 1.807) is 6.26 Å². The van der Waals surface area contributed by atoms with Crippen molar-refractivity contribution in [3.8, 4) is 5.40 Å². The lowest BCUT2D eigenvalue weighted by atomic mass is 11.8. The molecule has 1 nitrogen and oxygen atoms in total. The normalized spacial score (nSPS) is 16.6. The van der Waals surface area contributed by atoms with Crippen LogP contribution in [-0.2, 0) is 0 Å². The Labute approximate surface area is 38.4 Å². The Morgan fingerprint density at radius 1 is 2.00 bits per heavy atom. The van der Waals surface area contributed by atoms with Crippen LogP contribution in [-0.4, -0.2) is 6.26 Å². The molecule has 0 spiro atoms. The highest BCUT2D eigenvalue weighted by atomic mass is 35.7. The van der Waals surface area contributed by atoms with E-state index in [0.717, 1.165) is 0 Å². The standard InChI is InChI=1S/C2H4ClNS/c1-5(3)2-4/h5H,1H3. The molecule has 0 aromatic heterocycles. The van der Waals surface area contributed by atoms with Crippen LogP contribution < -0.4 is 0 Å². The third kappa shape index (κ3) is 4.13. The number of hydrogen-bond acceptors (Lipinski definition) is 1. The van der Waals surface area contributed by atoms with Crippen LogP contribution in [0.3, 0.4) is 0 Å². The smallest absolute Gasteiger partial charge is 0.124 e. The van der Waals surface area contributed by atoms with E-state index in [1.807, 2.05) is 5.40 Å². The fourth-order valence-corrected chi connectivity index (χ4v) is 0. The Kier molecular flexibility index (Phi) is 2.43. The molecule has 3 heteroatoms. The largest absolute Gasteiger partial charge is 0.186 e. The topological polar surface area (TPSA) is 23.8 Å². The minimum atomic E-state index is -0.820. The molecule has 0 rings (SSSR count). The number of rotatable bonds is 0. The Morgan fingerprint density at radius 2 is 2.20 bits per heavy atom. The summed E-state index contributed by atoms with van der Waals surface area (Å²) >= 11 is 0. The zero-order chi connectivity index (χ0) is 4.28. The van der Waals surface area contributed by atoms with E-state index in [0.29, 0.717) is 0 Å². The van der Waals surface area contributed by atoms with E-state index < -0.39 is 10.1 Å². The molecule has 30 valence electrons. The zero-order valence-corrected chi connectivity index (χ0v) is 4.42. The van der Waals surface area contributed by atoms with Crippen molar-refractivity contribution in [2.24, 2.45) is 0 Å². The first-order valence-corrected chi connectivity index (χ1v) is 3.76. The minimum Gasteiger partial charge on any atom is -0.186 e. The van der Waals surface area contributed by atoms with Crippen molar-refractivity contribution in [2.75, 3.05) is 6.26 Å². The van der Waals surface area contributed by atoms with Crippen molar-refractivity contribution in [3.63, 3.8) is 0 Å². The molecule has 0 amide bonds. The fraction of sp³-hybridized carbons (Fsp3) is 0.500. The predicted octanol–water partition coefficient (Wildman–Crippen LogP) is 1.25. The van der Waals surface area contributed by atoms with Crippen molar-refractivity contribution in [3.05, 3.63) is 0 Å². The molecule has 0 fully saturated rings. The SMILES string of the molecule is C[SH](Cl)C#N. The van der Waals surface area contributed by atoms with Gasteiger partial charge in [-0.1, -0.05) is 20.8 Å². The summed E-state index contributed by atoms with van der Waals surface area (Å²) in [5, 5.41) is 9.65. The van der Waals surface area contributed by atoms with Crippen molar-refractivity contribution >= 4 is 20.8 Å². The monoisotopic (exact) mass is 109 g/mol. The molecule has 0 saturated heterocycles. The number of nitriles is 1. The first kappa shape index (κ1) is 5.13. The molecule has 0 radical (unpaired) electrons. The Hall–Kier alpha value is 0.130. The minimum absolute atomic E-state index is 0.820. The average molecular weight is 110 g/mol. The van der Waals surface area contributed by atoms with Gasteiger partial charge in [-0.2, -0.15) is 5.26 Å². The summed E-state index contributed by atoms with van der Waals surface area (Å²) in [5.41, 5.74) is 0. The average Bonchev–Trinajstić information content (AvgIpc) is 1.38. The number of halogens is 1. The Balaban J connectivity index is 2.94. The lowest BCUT2D eigenvalue weighted by Gasteiger charge is -1.80. The predicted molar refractivity (Wildman–Crippen MR) is 26.4 cm³/mol. The Morgan fingerprint density at radius 3 is 2.20 bits per heavy atom. The highest BCUT2D eigenvalue weighted by Gasteiger charge is 1.74. The molecule has 0 saturated carbocycles. The van der Waals surface area contributed by atoms with Crippen LogP contribution in [0.1, 0.15) is 0 Å². The number of thiol groups is 1. The summed E-state index contributed by atoms with van der Waals surface area (Å²) in [5.74, 6) is 0. The molecular weight excluding hydrogens is 106 g/mol. The van der Waals surface area contributed by atoms with Gasteiger partial charge in [-0.15, -0.1) is 0 Å². The molecule has 0 N–H and O–H groups in total. The maximum Gasteiger partial charge on any atom is 0.124 e. The summed E-state index contributed by atoms with van der Waals surface area (Å²) in [6.07, 6.45) is 1.69. The van der Waals surface area contributed by atoms with Crippen molar-refractivity contribution < 1.29 is 0 Å². The van der Waals surface area contributed by atoms with Crippen LogP contribution in [0.25, 0.3) is 0 Å². The van der Waals surface area contributed by atoms with Gasteiger partial charge in [0.05, 0.1) is 0 Å². The van der Waals surface area contributed by atoms with Gasteiger partial charge in [-0.25, -0.2) is 0 Å². The van der Waals surface area contributed by atoms with Crippen LogP contribution >= 0.6 is 20.8 Å². The number of thiocyanates is 1. The third-order valence-corrected chi connectivity index (χ3v) is 0.640. The summed E-state index contributed by atoms with van der Waals surface area (Å²) in [6, 6.07) is 0. The van der Waals surface area contributed by atoms with Crippen molar-refractivity contribution in [2.45, 2.75) is 0 Å². The molecule has 1 unspecified atom stereocenters. The van der Waals surface area contributed by atoms with E-state index in [9.17, 15) is 0 Å². The molecule has 0 aliphatic rings. The van der Waals surface area contributed by atoms with Gasteiger partial charge in [0.2, 0.25) is 0 Å². The first-order chi connectivity index (χ1) is 2.27. The van der Waals surface area contributed by atoms with Gasteiger partial charge in [0.1, 0.15) is 5.40 Å². The van der Waals surface area contributed by atoms with Crippen LogP contribution in [0.2, 0.25) is 0 Å². The van der Waals surface area contributed by atoms with Gasteiger partial charge < -0.3 is 0 Å². The summed E-state index contributed by atoms with van der Waals surface area (Å²) < 4.78 is 0. The molecule has 0 aromatic rings. The second-order valence-corrected chi connectivity index (χ2v) is 3.25. The molecular formula is C2H4ClNS. The van der Waals surface area contributed by atoms with Gasteiger partial charge in [0.15, 0.2) is 0 Å². The molecule has 5 heavy (non-hydrogen) atoms. The Bertz CT molecular complexity index is 55.2. The third-order valence-electron chi connectivity index (χ3n) is 0.138. The van der Waals surface area contributed by atoms with E-state index in [-0.39, 0.29) is 0 Å². The quantitative estimate of drug-likeness (QED) is 0.367. The summed E-state index contributed by atoms with van der Waals surface area (Å²) in [7, 11) is 4.35. The van der Waals surface area contributed by atoms with E-state index >= 15 is 0 Å². The van der Waals surface area contributed by atoms with Gasteiger partial charge in [-0.05, 0) is 6.26 Å². The van der Waals surface area contributed by atoms with E-state index in [1.165, 1.54) is 0 Å². The van der Waals surface area contributed by atoms with Gasteiger partial charge in [-0.3, -0.25) is 0 Å². The van der Waals surface area contributed by atoms with Crippen LogP contribution in [0.15, 0.2) is 0 Å². The highest BCUT2D eigenvalue weighted by Crippen LogP contribution is 2.21. The fourth-order valence-electron chi connectivity index (χ4n) is 0. The molecule has 0 bridgehead atoms. The molecule has 1 atom stereocenters. The maximum atomic E-state index is 7.79. The number of nitrogens with zero attached hydrogens (tertiary/aromatic N) is 1. The molecule has 0 heterocycles. The van der Waals surface area contributed by atoms with Crippen LogP contribution in [0.4, 0.5) is 0 Å². The van der Waals surface area contributed by atoms with Gasteiger partial charge in [0, 0.05) is 0 Å². The molecule has 0 aliphatic heterocycles. The second kappa shape index (κ2) is 2.37.